The highest BCUT2D eigenvalue weighted by Crippen LogP contribution is 2.12. The summed E-state index contributed by atoms with van der Waals surface area (Å²) in [5.74, 6) is 0. The lowest BCUT2D eigenvalue weighted by atomic mass is 10.2. The van der Waals surface area contributed by atoms with Crippen LogP contribution >= 0.6 is 0 Å². The highest BCUT2D eigenvalue weighted by Gasteiger charge is 1.83. The summed E-state index contributed by atoms with van der Waals surface area (Å²) in [6.07, 6.45) is 2.83. The lowest BCUT2D eigenvalue weighted by Gasteiger charge is -2.08. The van der Waals surface area contributed by atoms with Crippen LogP contribution in [0.1, 0.15) is 11.1 Å². The van der Waals surface area contributed by atoms with Gasteiger partial charge in [-0.3, -0.25) is 0 Å². The summed E-state index contributed by atoms with van der Waals surface area (Å²) in [6.45, 7) is 4.12. The van der Waals surface area contributed by atoms with Crippen LogP contribution in [0, 0.1) is 13.8 Å². The number of anilines is 1. The number of nitrogens with one attached hydrogen (secondary N) is 1. The van der Waals surface area contributed by atoms with Crippen molar-refractivity contribution in [2.45, 2.75) is 13.8 Å². The zero-order valence-corrected chi connectivity index (χ0v) is 10.1. The van der Waals surface area contributed by atoms with Gasteiger partial charge in [0.1, 0.15) is 0 Å². The van der Waals surface area contributed by atoms with Gasteiger partial charge in [0.2, 0.25) is 0 Å². The lowest BCUT2D eigenvalue weighted by Crippen LogP contribution is -1.93. The van der Waals surface area contributed by atoms with Crippen molar-refractivity contribution in [3.05, 3.63) is 59.7 Å². The first-order valence-electron chi connectivity index (χ1n) is 5.59. The van der Waals surface area contributed by atoms with Crippen LogP contribution in [-0.2, 0) is 0 Å². The molecular weight excluding hydrogens is 208 g/mol. The predicted molar refractivity (Wildman–Crippen MR) is 73.1 cm³/mol. The molecule has 0 saturated heterocycles. The molecule has 0 spiro atoms. The SMILES string of the molecule is Cc1ccc(N=[C-]Nc2ccc(C)cc2)cc1. The maximum atomic E-state index is 4.20. The summed E-state index contributed by atoms with van der Waals surface area (Å²) in [4.78, 5) is 4.20. The summed E-state index contributed by atoms with van der Waals surface area (Å²) in [5.41, 5.74) is 4.36. The molecule has 0 heterocycles. The largest absolute Gasteiger partial charge is 0.452 e. The van der Waals surface area contributed by atoms with Crippen LogP contribution in [0.25, 0.3) is 0 Å². The van der Waals surface area contributed by atoms with Gasteiger partial charge < -0.3 is 10.3 Å². The van der Waals surface area contributed by atoms with Crippen molar-refractivity contribution in [2.75, 3.05) is 5.32 Å². The molecule has 86 valence electrons. The monoisotopic (exact) mass is 223 g/mol. The number of hydrogen-bond donors (Lipinski definition) is 1. The molecule has 2 heteroatoms. The van der Waals surface area contributed by atoms with Gasteiger partial charge in [-0.15, -0.1) is 0 Å². The second-order valence-electron chi connectivity index (χ2n) is 4.05. The van der Waals surface area contributed by atoms with E-state index < -0.39 is 0 Å². The molecular formula is C15H15N2-. The topological polar surface area (TPSA) is 24.4 Å². The first kappa shape index (κ1) is 11.4. The molecule has 0 saturated carbocycles. The first-order valence-corrected chi connectivity index (χ1v) is 5.59. The van der Waals surface area contributed by atoms with E-state index in [2.05, 4.69) is 42.6 Å². The molecule has 2 aromatic carbocycles. The van der Waals surface area contributed by atoms with E-state index in [0.29, 0.717) is 0 Å². The van der Waals surface area contributed by atoms with Crippen LogP contribution in [0.5, 0.6) is 0 Å². The van der Waals surface area contributed by atoms with Crippen molar-refractivity contribution in [3.8, 4) is 0 Å². The fourth-order valence-corrected chi connectivity index (χ4v) is 1.41. The van der Waals surface area contributed by atoms with Crippen molar-refractivity contribution in [3.63, 3.8) is 0 Å². The molecule has 17 heavy (non-hydrogen) atoms. The van der Waals surface area contributed by atoms with Gasteiger partial charge in [-0.05, 0) is 19.5 Å². The molecule has 0 amide bonds. The molecule has 0 aliphatic rings. The van der Waals surface area contributed by atoms with E-state index in [4.69, 9.17) is 0 Å². The standard InChI is InChI=1S/C15H15N2/c1-12-3-7-14(8-4-12)16-11-17-15-9-5-13(2)6-10-15/h3-10H,1-2H3,(H,16,17)/q-1. The van der Waals surface area contributed by atoms with E-state index >= 15 is 0 Å². The molecule has 0 aliphatic carbocycles. The summed E-state index contributed by atoms with van der Waals surface area (Å²) in [5, 5.41) is 3.02. The van der Waals surface area contributed by atoms with Gasteiger partial charge in [0, 0.05) is 6.34 Å². The molecule has 2 rings (SSSR count). The molecule has 0 bridgehead atoms. The Bertz CT molecular complexity index is 495. The van der Waals surface area contributed by atoms with Crippen LogP contribution < -0.4 is 5.32 Å². The normalized spacial score (nSPS) is 10.7. The van der Waals surface area contributed by atoms with Gasteiger partial charge in [0.25, 0.3) is 0 Å². The van der Waals surface area contributed by atoms with Gasteiger partial charge in [-0.2, -0.15) is 0 Å². The average molecular weight is 223 g/mol. The van der Waals surface area contributed by atoms with Crippen molar-refractivity contribution in [2.24, 2.45) is 4.99 Å². The Morgan fingerprint density at radius 1 is 0.824 bits per heavy atom. The predicted octanol–water partition coefficient (Wildman–Crippen LogP) is 3.95. The Kier molecular flexibility index (Phi) is 3.55. The molecule has 0 radical (unpaired) electrons. The van der Waals surface area contributed by atoms with Crippen molar-refractivity contribution in [1.82, 2.24) is 0 Å². The maximum absolute atomic E-state index is 4.20. The van der Waals surface area contributed by atoms with E-state index in [1.807, 2.05) is 36.4 Å². The third-order valence-electron chi connectivity index (χ3n) is 2.47. The fourth-order valence-electron chi connectivity index (χ4n) is 1.41. The van der Waals surface area contributed by atoms with Crippen LogP contribution in [0.3, 0.4) is 0 Å². The third-order valence-corrected chi connectivity index (χ3v) is 2.47. The highest BCUT2D eigenvalue weighted by atomic mass is 14.9. The smallest absolute Gasteiger partial charge is 0.000632 e. The van der Waals surface area contributed by atoms with Gasteiger partial charge in [-0.1, -0.05) is 65.3 Å². The number of aliphatic imine (C=N–C) groups is 1. The number of nitrogens with zero attached hydrogens (tertiary/aromatic N) is 1. The fraction of sp³-hybridized carbons (Fsp3) is 0.133. The van der Waals surface area contributed by atoms with Crippen molar-refractivity contribution < 1.29 is 0 Å². The zero-order valence-electron chi connectivity index (χ0n) is 10.1. The van der Waals surface area contributed by atoms with Crippen molar-refractivity contribution in [1.29, 1.82) is 0 Å². The van der Waals surface area contributed by atoms with Gasteiger partial charge in [0.05, 0.1) is 0 Å². The minimum Gasteiger partial charge on any atom is -0.452 e. The Morgan fingerprint density at radius 3 is 1.94 bits per heavy atom. The third kappa shape index (κ3) is 3.45. The second-order valence-corrected chi connectivity index (χ2v) is 4.05. The molecule has 0 unspecified atom stereocenters. The van der Waals surface area contributed by atoms with Gasteiger partial charge >= 0.3 is 0 Å². The van der Waals surface area contributed by atoms with Crippen LogP contribution in [0.2, 0.25) is 0 Å². The maximum Gasteiger partial charge on any atom is 0.000632 e. The molecule has 0 aliphatic heterocycles. The number of rotatable bonds is 3. The van der Waals surface area contributed by atoms with Gasteiger partial charge in [-0.25, -0.2) is 0 Å². The van der Waals surface area contributed by atoms with E-state index in [1.54, 1.807) is 0 Å². The quantitative estimate of drug-likeness (QED) is 0.362. The molecule has 2 nitrogen and oxygen atoms in total. The Hall–Kier alpha value is -2.09. The van der Waals surface area contributed by atoms with E-state index in [-0.39, 0.29) is 0 Å². The minimum atomic E-state index is 0.898. The average Bonchev–Trinajstić information content (AvgIpc) is 2.34. The first-order chi connectivity index (χ1) is 8.24. The van der Waals surface area contributed by atoms with E-state index in [1.165, 1.54) is 11.1 Å². The molecule has 0 atom stereocenters. The lowest BCUT2D eigenvalue weighted by molar-refractivity contribution is 1.43. The van der Waals surface area contributed by atoms with Crippen LogP contribution in [0.4, 0.5) is 11.4 Å². The Morgan fingerprint density at radius 2 is 1.35 bits per heavy atom. The highest BCUT2D eigenvalue weighted by molar-refractivity contribution is 5.77. The number of hydrogen-bond acceptors (Lipinski definition) is 1. The Labute approximate surface area is 102 Å². The summed E-state index contributed by atoms with van der Waals surface area (Å²) in [6, 6.07) is 16.1. The molecule has 2 aromatic rings. The minimum absolute atomic E-state index is 0.898. The number of aryl methyl sites for hydroxylation is 2. The molecule has 1 N–H and O–H groups in total. The van der Waals surface area contributed by atoms with Crippen molar-refractivity contribution >= 4 is 17.7 Å². The summed E-state index contributed by atoms with van der Waals surface area (Å²) < 4.78 is 0. The summed E-state index contributed by atoms with van der Waals surface area (Å²) >= 11 is 0. The van der Waals surface area contributed by atoms with Crippen LogP contribution in [-0.4, -0.2) is 6.34 Å². The van der Waals surface area contributed by atoms with Crippen LogP contribution in [0.15, 0.2) is 53.5 Å². The number of benzene rings is 2. The molecule has 0 aromatic heterocycles. The van der Waals surface area contributed by atoms with Gasteiger partial charge in [0.15, 0.2) is 0 Å². The zero-order chi connectivity index (χ0) is 12.1. The second kappa shape index (κ2) is 5.30. The van der Waals surface area contributed by atoms with E-state index in [0.717, 1.165) is 11.4 Å². The van der Waals surface area contributed by atoms with E-state index in [9.17, 15) is 0 Å². The molecule has 0 fully saturated rings. The Balaban J connectivity index is 1.97. The summed E-state index contributed by atoms with van der Waals surface area (Å²) in [7, 11) is 0.